The highest BCUT2D eigenvalue weighted by Crippen LogP contribution is 2.45. The van der Waals surface area contributed by atoms with E-state index >= 15 is 0 Å². The van der Waals surface area contributed by atoms with Crippen LogP contribution in [0.5, 0.6) is 11.5 Å². The Hall–Kier alpha value is -1.69. The average molecular weight is 371 g/mol. The van der Waals surface area contributed by atoms with E-state index in [0.29, 0.717) is 6.04 Å². The number of benzene rings is 2. The predicted octanol–water partition coefficient (Wildman–Crippen LogP) is 3.70. The quantitative estimate of drug-likeness (QED) is 0.820. The number of hydrogen-bond donors (Lipinski definition) is 0. The topological polar surface area (TPSA) is 24.9 Å². The van der Waals surface area contributed by atoms with E-state index in [0.717, 1.165) is 44.1 Å². The summed E-state index contributed by atoms with van der Waals surface area (Å²) in [5, 5.41) is 0. The van der Waals surface area contributed by atoms with Crippen molar-refractivity contribution in [2.24, 2.45) is 0 Å². The summed E-state index contributed by atoms with van der Waals surface area (Å²) in [5.41, 5.74) is 2.81. The normalized spacial score (nSPS) is 20.8. The molecule has 0 amide bonds. The number of ether oxygens (including phenoxy) is 2. The van der Waals surface area contributed by atoms with E-state index in [4.69, 9.17) is 9.47 Å². The van der Waals surface area contributed by atoms with Gasteiger partial charge in [-0.2, -0.15) is 0 Å². The average Bonchev–Trinajstić information content (AvgIpc) is 2.83. The van der Waals surface area contributed by atoms with Gasteiger partial charge >= 0.3 is 0 Å². The SMILES string of the molecule is COc1ccc2c(c1)Sc1cc(OC)ccc1C(N1CCN(C)CC1)C2. The monoisotopic (exact) mass is 370 g/mol. The van der Waals surface area contributed by atoms with E-state index in [1.807, 2.05) is 11.8 Å². The van der Waals surface area contributed by atoms with Gasteiger partial charge < -0.3 is 14.4 Å². The van der Waals surface area contributed by atoms with Gasteiger partial charge in [-0.25, -0.2) is 0 Å². The molecule has 1 saturated heterocycles. The first-order valence-corrected chi connectivity index (χ1v) is 9.95. The van der Waals surface area contributed by atoms with Gasteiger partial charge in [0.2, 0.25) is 0 Å². The van der Waals surface area contributed by atoms with Gasteiger partial charge in [0.15, 0.2) is 0 Å². The fraction of sp³-hybridized carbons (Fsp3) is 0.429. The minimum atomic E-state index is 0.409. The van der Waals surface area contributed by atoms with Gasteiger partial charge in [0.05, 0.1) is 14.2 Å². The fourth-order valence-corrected chi connectivity index (χ4v) is 5.02. The van der Waals surface area contributed by atoms with Crippen LogP contribution in [0.1, 0.15) is 17.2 Å². The molecule has 4 rings (SSSR count). The molecule has 0 spiro atoms. The van der Waals surface area contributed by atoms with Crippen LogP contribution in [-0.4, -0.2) is 57.2 Å². The molecule has 0 aromatic heterocycles. The Morgan fingerprint density at radius 3 is 2.23 bits per heavy atom. The number of methoxy groups -OCH3 is 2. The Morgan fingerprint density at radius 1 is 0.885 bits per heavy atom. The molecule has 0 saturated carbocycles. The van der Waals surface area contributed by atoms with Crippen molar-refractivity contribution < 1.29 is 9.47 Å². The summed E-state index contributed by atoms with van der Waals surface area (Å²) >= 11 is 1.83. The second-order valence-electron chi connectivity index (χ2n) is 7.04. The van der Waals surface area contributed by atoms with Gasteiger partial charge in [0.1, 0.15) is 11.5 Å². The number of fused-ring (bicyclic) bond motifs is 2. The van der Waals surface area contributed by atoms with Crippen molar-refractivity contribution in [3.63, 3.8) is 0 Å². The molecular formula is C21H26N2O2S. The van der Waals surface area contributed by atoms with E-state index in [9.17, 15) is 0 Å². The highest BCUT2D eigenvalue weighted by Gasteiger charge is 2.29. The Labute approximate surface area is 160 Å². The van der Waals surface area contributed by atoms with Crippen LogP contribution < -0.4 is 9.47 Å². The second-order valence-corrected chi connectivity index (χ2v) is 8.12. The molecule has 1 fully saturated rings. The van der Waals surface area contributed by atoms with Crippen LogP contribution in [0.3, 0.4) is 0 Å². The van der Waals surface area contributed by atoms with Gasteiger partial charge in [-0.15, -0.1) is 0 Å². The molecule has 0 radical (unpaired) electrons. The molecule has 2 aliphatic rings. The Morgan fingerprint density at radius 2 is 1.54 bits per heavy atom. The molecule has 2 aromatic carbocycles. The highest BCUT2D eigenvalue weighted by atomic mass is 32.2. The fourth-order valence-electron chi connectivity index (χ4n) is 3.83. The summed E-state index contributed by atoms with van der Waals surface area (Å²) in [5.74, 6) is 1.83. The maximum atomic E-state index is 5.49. The molecule has 138 valence electrons. The van der Waals surface area contributed by atoms with Crippen molar-refractivity contribution >= 4 is 11.8 Å². The molecule has 2 aliphatic heterocycles. The van der Waals surface area contributed by atoms with Crippen LogP contribution in [-0.2, 0) is 6.42 Å². The Bertz CT molecular complexity index is 788. The van der Waals surface area contributed by atoms with Gasteiger partial charge in [-0.1, -0.05) is 23.9 Å². The van der Waals surface area contributed by atoms with E-state index < -0.39 is 0 Å². The van der Waals surface area contributed by atoms with E-state index in [-0.39, 0.29) is 0 Å². The third-order valence-corrected chi connectivity index (χ3v) is 6.64. The standard InChI is InChI=1S/C21H26N2O2S/c1-22-8-10-23(11-9-22)19-12-15-4-5-16(24-2)13-20(15)26-21-14-17(25-3)6-7-18(19)21/h4-7,13-14,19H,8-12H2,1-3H3. The van der Waals surface area contributed by atoms with E-state index in [1.54, 1.807) is 14.2 Å². The maximum absolute atomic E-state index is 5.49. The molecular weight excluding hydrogens is 344 g/mol. The lowest BCUT2D eigenvalue weighted by molar-refractivity contribution is 0.110. The molecule has 1 atom stereocenters. The zero-order chi connectivity index (χ0) is 18.1. The van der Waals surface area contributed by atoms with Crippen LogP contribution in [0.4, 0.5) is 0 Å². The van der Waals surface area contributed by atoms with Crippen molar-refractivity contribution in [1.29, 1.82) is 0 Å². The van der Waals surface area contributed by atoms with Crippen molar-refractivity contribution in [1.82, 2.24) is 9.80 Å². The molecule has 0 N–H and O–H groups in total. The molecule has 5 heteroatoms. The predicted molar refractivity (Wildman–Crippen MR) is 106 cm³/mol. The number of nitrogens with zero attached hydrogens (tertiary/aromatic N) is 2. The maximum Gasteiger partial charge on any atom is 0.120 e. The summed E-state index contributed by atoms with van der Waals surface area (Å²) < 4.78 is 10.9. The summed E-state index contributed by atoms with van der Waals surface area (Å²) in [4.78, 5) is 7.64. The van der Waals surface area contributed by atoms with Crippen LogP contribution in [0.2, 0.25) is 0 Å². The summed E-state index contributed by atoms with van der Waals surface area (Å²) in [6, 6.07) is 13.4. The van der Waals surface area contributed by atoms with Crippen LogP contribution in [0, 0.1) is 0 Å². The summed E-state index contributed by atoms with van der Waals surface area (Å²) in [7, 11) is 5.67. The molecule has 2 heterocycles. The van der Waals surface area contributed by atoms with Crippen molar-refractivity contribution in [2.75, 3.05) is 47.4 Å². The summed E-state index contributed by atoms with van der Waals surface area (Å²) in [6.45, 7) is 4.49. The lowest BCUT2D eigenvalue weighted by Crippen LogP contribution is -2.46. The van der Waals surface area contributed by atoms with Crippen LogP contribution in [0.15, 0.2) is 46.2 Å². The zero-order valence-corrected chi connectivity index (χ0v) is 16.5. The zero-order valence-electron chi connectivity index (χ0n) is 15.7. The third-order valence-electron chi connectivity index (χ3n) is 5.47. The lowest BCUT2D eigenvalue weighted by Gasteiger charge is -2.38. The Balaban J connectivity index is 1.76. The van der Waals surface area contributed by atoms with Gasteiger partial charge in [-0.05, 0) is 48.9 Å². The first-order valence-electron chi connectivity index (χ1n) is 9.13. The highest BCUT2D eigenvalue weighted by molar-refractivity contribution is 7.99. The number of hydrogen-bond acceptors (Lipinski definition) is 5. The van der Waals surface area contributed by atoms with Crippen LogP contribution >= 0.6 is 11.8 Å². The smallest absolute Gasteiger partial charge is 0.120 e. The van der Waals surface area contributed by atoms with Crippen molar-refractivity contribution in [3.05, 3.63) is 47.5 Å². The number of likely N-dealkylation sites (N-methyl/N-ethyl adjacent to an activating group) is 1. The molecule has 2 aromatic rings. The largest absolute Gasteiger partial charge is 0.497 e. The van der Waals surface area contributed by atoms with E-state index in [1.165, 1.54) is 20.9 Å². The minimum Gasteiger partial charge on any atom is -0.497 e. The molecule has 0 aliphatic carbocycles. The molecule has 1 unspecified atom stereocenters. The molecule has 4 nitrogen and oxygen atoms in total. The first kappa shape index (κ1) is 17.7. The van der Waals surface area contributed by atoms with Gasteiger partial charge in [0, 0.05) is 42.0 Å². The number of piperazine rings is 1. The Kier molecular flexibility index (Phi) is 5.11. The molecule has 0 bridgehead atoms. The lowest BCUT2D eigenvalue weighted by atomic mass is 9.96. The third kappa shape index (κ3) is 3.43. The van der Waals surface area contributed by atoms with Crippen molar-refractivity contribution in [2.45, 2.75) is 22.3 Å². The molecule has 26 heavy (non-hydrogen) atoms. The summed E-state index contributed by atoms with van der Waals surface area (Å²) in [6.07, 6.45) is 1.04. The second kappa shape index (κ2) is 7.51. The van der Waals surface area contributed by atoms with Crippen molar-refractivity contribution in [3.8, 4) is 11.5 Å². The minimum absolute atomic E-state index is 0.409. The first-order chi connectivity index (χ1) is 12.7. The van der Waals surface area contributed by atoms with Crippen LogP contribution in [0.25, 0.3) is 0 Å². The number of rotatable bonds is 3. The van der Waals surface area contributed by atoms with Gasteiger partial charge in [-0.3, -0.25) is 4.90 Å². The van der Waals surface area contributed by atoms with E-state index in [2.05, 4.69) is 53.2 Å². The van der Waals surface area contributed by atoms with Gasteiger partial charge in [0.25, 0.3) is 0 Å².